The molecular formula is C18H12N4O4. The van der Waals surface area contributed by atoms with Gasteiger partial charge in [-0.2, -0.15) is 0 Å². The van der Waals surface area contributed by atoms with E-state index in [1.54, 1.807) is 12.1 Å². The van der Waals surface area contributed by atoms with E-state index < -0.39 is 4.92 Å². The second kappa shape index (κ2) is 5.55. The predicted octanol–water partition coefficient (Wildman–Crippen LogP) is 3.35. The summed E-state index contributed by atoms with van der Waals surface area (Å²) in [6, 6.07) is 8.93. The van der Waals surface area contributed by atoms with E-state index in [1.165, 1.54) is 36.7 Å². The molecule has 0 saturated heterocycles. The number of nitrogens with two attached hydrogens (primary N) is 1. The standard InChI is InChI=1S/C18H12N4O4/c19-13-3-4-14(23)17-12(13)6-9(8-21-17)11-7-15(24)16-10(2-1-5-20-16)18(11)22(25)26/h1-8,23-24H,19H2. The van der Waals surface area contributed by atoms with E-state index in [2.05, 4.69) is 9.97 Å². The Hall–Kier alpha value is -3.94. The van der Waals surface area contributed by atoms with Crippen molar-refractivity contribution in [3.8, 4) is 22.6 Å². The number of nitro groups is 1. The van der Waals surface area contributed by atoms with Crippen molar-refractivity contribution in [3.05, 3.63) is 58.9 Å². The molecule has 0 atom stereocenters. The highest BCUT2D eigenvalue weighted by Gasteiger charge is 2.23. The highest BCUT2D eigenvalue weighted by Crippen LogP contribution is 2.41. The Kier molecular flexibility index (Phi) is 3.33. The number of benzene rings is 2. The number of hydrogen-bond acceptors (Lipinski definition) is 7. The van der Waals surface area contributed by atoms with Crippen LogP contribution in [0.25, 0.3) is 32.9 Å². The van der Waals surface area contributed by atoms with Crippen molar-refractivity contribution in [2.24, 2.45) is 0 Å². The Labute approximate surface area is 146 Å². The predicted molar refractivity (Wildman–Crippen MR) is 96.9 cm³/mol. The molecule has 8 heteroatoms. The van der Waals surface area contributed by atoms with Gasteiger partial charge in [0.05, 0.1) is 15.9 Å². The number of hydrogen-bond donors (Lipinski definition) is 3. The van der Waals surface area contributed by atoms with Crippen molar-refractivity contribution in [2.75, 3.05) is 5.73 Å². The molecule has 0 aliphatic heterocycles. The quantitative estimate of drug-likeness (QED) is 0.219. The summed E-state index contributed by atoms with van der Waals surface area (Å²) >= 11 is 0. The Balaban J connectivity index is 2.09. The number of phenols is 2. The number of nitro benzene ring substituents is 1. The van der Waals surface area contributed by atoms with Gasteiger partial charge in [-0.05, 0) is 36.4 Å². The molecule has 0 saturated carbocycles. The molecule has 128 valence electrons. The monoisotopic (exact) mass is 348 g/mol. The van der Waals surface area contributed by atoms with Crippen molar-refractivity contribution in [3.63, 3.8) is 0 Å². The first-order chi connectivity index (χ1) is 12.5. The van der Waals surface area contributed by atoms with E-state index in [1.807, 2.05) is 0 Å². The number of pyridine rings is 2. The first kappa shape index (κ1) is 15.6. The molecule has 4 rings (SSSR count). The van der Waals surface area contributed by atoms with Gasteiger partial charge in [-0.25, -0.2) is 0 Å². The molecule has 26 heavy (non-hydrogen) atoms. The molecule has 2 aromatic carbocycles. The van der Waals surface area contributed by atoms with Crippen LogP contribution in [0.5, 0.6) is 11.5 Å². The number of rotatable bonds is 2. The number of anilines is 1. The van der Waals surface area contributed by atoms with Gasteiger partial charge in [-0.3, -0.25) is 20.1 Å². The van der Waals surface area contributed by atoms with E-state index >= 15 is 0 Å². The zero-order chi connectivity index (χ0) is 18.4. The molecular weight excluding hydrogens is 336 g/mol. The minimum absolute atomic E-state index is 0.0409. The molecule has 0 aliphatic rings. The lowest BCUT2D eigenvalue weighted by Crippen LogP contribution is -1.96. The van der Waals surface area contributed by atoms with Crippen molar-refractivity contribution in [1.29, 1.82) is 0 Å². The van der Waals surface area contributed by atoms with Gasteiger partial charge in [-0.15, -0.1) is 0 Å². The summed E-state index contributed by atoms with van der Waals surface area (Å²) in [6.07, 6.45) is 2.85. The molecule has 4 aromatic rings. The van der Waals surface area contributed by atoms with Gasteiger partial charge in [0.25, 0.3) is 5.69 Å². The Morgan fingerprint density at radius 2 is 1.77 bits per heavy atom. The fraction of sp³-hybridized carbons (Fsp3) is 0. The highest BCUT2D eigenvalue weighted by molar-refractivity contribution is 6.02. The average molecular weight is 348 g/mol. The molecule has 0 aliphatic carbocycles. The molecule has 0 fully saturated rings. The zero-order valence-electron chi connectivity index (χ0n) is 13.2. The van der Waals surface area contributed by atoms with Crippen molar-refractivity contribution < 1.29 is 15.1 Å². The van der Waals surface area contributed by atoms with Gasteiger partial charge in [-0.1, -0.05) is 0 Å². The number of nitrogen functional groups attached to an aromatic ring is 1. The summed E-state index contributed by atoms with van der Waals surface area (Å²) in [5.74, 6) is -0.217. The summed E-state index contributed by atoms with van der Waals surface area (Å²) in [5.41, 5.74) is 7.15. The molecule has 0 bridgehead atoms. The second-order valence-electron chi connectivity index (χ2n) is 5.74. The maximum absolute atomic E-state index is 11.7. The largest absolute Gasteiger partial charge is 0.506 e. The number of nitrogens with zero attached hydrogens (tertiary/aromatic N) is 3. The summed E-state index contributed by atoms with van der Waals surface area (Å²) in [7, 11) is 0. The summed E-state index contributed by atoms with van der Waals surface area (Å²) < 4.78 is 0. The third-order valence-electron chi connectivity index (χ3n) is 4.20. The van der Waals surface area contributed by atoms with Crippen LogP contribution in [0.15, 0.2) is 48.8 Å². The normalized spacial score (nSPS) is 11.1. The maximum atomic E-state index is 11.7. The van der Waals surface area contributed by atoms with Crippen LogP contribution in [-0.4, -0.2) is 25.1 Å². The van der Waals surface area contributed by atoms with E-state index in [4.69, 9.17) is 5.73 Å². The van der Waals surface area contributed by atoms with Gasteiger partial charge < -0.3 is 15.9 Å². The lowest BCUT2D eigenvalue weighted by Gasteiger charge is -2.10. The van der Waals surface area contributed by atoms with Crippen LogP contribution in [-0.2, 0) is 0 Å². The number of aromatic nitrogens is 2. The van der Waals surface area contributed by atoms with E-state index in [0.717, 1.165) is 0 Å². The molecule has 2 heterocycles. The van der Waals surface area contributed by atoms with E-state index in [0.29, 0.717) is 22.2 Å². The molecule has 8 nitrogen and oxygen atoms in total. The van der Waals surface area contributed by atoms with E-state index in [9.17, 15) is 20.3 Å². The zero-order valence-corrected chi connectivity index (χ0v) is 13.2. The molecule has 0 radical (unpaired) electrons. The lowest BCUT2D eigenvalue weighted by molar-refractivity contribution is -0.382. The topological polar surface area (TPSA) is 135 Å². The minimum Gasteiger partial charge on any atom is -0.506 e. The molecule has 2 aromatic heterocycles. The third kappa shape index (κ3) is 2.24. The second-order valence-corrected chi connectivity index (χ2v) is 5.74. The maximum Gasteiger partial charge on any atom is 0.286 e. The first-order valence-corrected chi connectivity index (χ1v) is 7.60. The summed E-state index contributed by atoms with van der Waals surface area (Å²) in [5, 5.41) is 32.6. The van der Waals surface area contributed by atoms with Crippen molar-refractivity contribution in [1.82, 2.24) is 9.97 Å². The van der Waals surface area contributed by atoms with Gasteiger partial charge in [0.15, 0.2) is 0 Å². The smallest absolute Gasteiger partial charge is 0.286 e. The van der Waals surface area contributed by atoms with Crippen molar-refractivity contribution in [2.45, 2.75) is 0 Å². The van der Waals surface area contributed by atoms with Crippen LogP contribution in [0, 0.1) is 10.1 Å². The summed E-state index contributed by atoms with van der Waals surface area (Å²) in [6.45, 7) is 0. The Morgan fingerprint density at radius 3 is 2.54 bits per heavy atom. The van der Waals surface area contributed by atoms with Gasteiger partial charge >= 0.3 is 0 Å². The van der Waals surface area contributed by atoms with Crippen LogP contribution in [0.2, 0.25) is 0 Å². The molecule has 4 N–H and O–H groups in total. The van der Waals surface area contributed by atoms with Gasteiger partial charge in [0.1, 0.15) is 22.5 Å². The van der Waals surface area contributed by atoms with Crippen LogP contribution in [0.4, 0.5) is 11.4 Å². The highest BCUT2D eigenvalue weighted by atomic mass is 16.6. The Bertz CT molecular complexity index is 1210. The number of fused-ring (bicyclic) bond motifs is 2. The average Bonchev–Trinajstić information content (AvgIpc) is 2.64. The summed E-state index contributed by atoms with van der Waals surface area (Å²) in [4.78, 5) is 19.4. The fourth-order valence-corrected chi connectivity index (χ4v) is 3.01. The molecule has 0 amide bonds. The van der Waals surface area contributed by atoms with Gasteiger partial charge in [0.2, 0.25) is 0 Å². The Morgan fingerprint density at radius 1 is 1.00 bits per heavy atom. The van der Waals surface area contributed by atoms with Gasteiger partial charge in [0, 0.05) is 29.0 Å². The molecule has 0 spiro atoms. The minimum atomic E-state index is -0.519. The lowest BCUT2D eigenvalue weighted by atomic mass is 9.99. The van der Waals surface area contributed by atoms with Crippen LogP contribution < -0.4 is 5.73 Å². The number of aromatic hydroxyl groups is 2. The van der Waals surface area contributed by atoms with Crippen LogP contribution in [0.1, 0.15) is 0 Å². The van der Waals surface area contributed by atoms with Crippen molar-refractivity contribution >= 4 is 33.2 Å². The number of phenolic OH excluding ortho intramolecular Hbond substituents is 2. The third-order valence-corrected chi connectivity index (χ3v) is 4.20. The van der Waals surface area contributed by atoms with Crippen LogP contribution in [0.3, 0.4) is 0 Å². The van der Waals surface area contributed by atoms with E-state index in [-0.39, 0.29) is 33.7 Å². The molecule has 0 unspecified atom stereocenters. The van der Waals surface area contributed by atoms with Crippen LogP contribution >= 0.6 is 0 Å². The first-order valence-electron chi connectivity index (χ1n) is 7.60. The SMILES string of the molecule is Nc1ccc(O)c2ncc(-c3cc(O)c4ncccc4c3[N+](=O)[O-])cc12. The fourth-order valence-electron chi connectivity index (χ4n) is 3.01.